The van der Waals surface area contributed by atoms with Gasteiger partial charge in [-0.25, -0.2) is 4.98 Å². The van der Waals surface area contributed by atoms with E-state index in [1.165, 1.54) is 37.3 Å². The molecule has 0 aliphatic rings. The Morgan fingerprint density at radius 3 is 2.75 bits per heavy atom. The molecule has 0 aliphatic carbocycles. The molecule has 7 nitrogen and oxygen atoms in total. The monoisotopic (exact) mass is 439 g/mol. The molecule has 0 saturated heterocycles. The third-order valence-electron chi connectivity index (χ3n) is 3.93. The number of aromatic nitrogens is 2. The Morgan fingerprint density at radius 1 is 1.32 bits per heavy atom. The van der Waals surface area contributed by atoms with Gasteiger partial charge in [-0.2, -0.15) is 0 Å². The number of carbonyl (C=O) groups is 1. The van der Waals surface area contributed by atoms with Crippen molar-refractivity contribution >= 4 is 56.5 Å². The Hall–Kier alpha value is -2.23. The summed E-state index contributed by atoms with van der Waals surface area (Å²) in [6.45, 7) is 2.35. The van der Waals surface area contributed by atoms with Gasteiger partial charge in [0, 0.05) is 18.7 Å². The minimum absolute atomic E-state index is 0.0795. The number of nitrogens with zero attached hydrogens (tertiary/aromatic N) is 2. The van der Waals surface area contributed by atoms with Crippen LogP contribution in [0.4, 0.5) is 5.69 Å². The number of thioether (sulfide) groups is 1. The number of rotatable bonds is 7. The van der Waals surface area contributed by atoms with Gasteiger partial charge < -0.3 is 14.8 Å². The number of thiophene rings is 1. The lowest BCUT2D eigenvalue weighted by Gasteiger charge is -2.13. The standard InChI is InChI=1S/C18H18ClN3O4S2/c1-4-22-17(24)16-11(5-6-27-16)21-18(22)28-9-15(23)20-12-8-13(25-2)10(19)7-14(12)26-3/h5-8H,4,9H2,1-3H3,(H,20,23). The Bertz CT molecular complexity index is 1080. The van der Waals surface area contributed by atoms with E-state index in [-0.39, 0.29) is 17.2 Å². The third kappa shape index (κ3) is 4.11. The highest BCUT2D eigenvalue weighted by Crippen LogP contribution is 2.36. The maximum Gasteiger partial charge on any atom is 0.272 e. The van der Waals surface area contributed by atoms with Crippen LogP contribution < -0.4 is 20.3 Å². The van der Waals surface area contributed by atoms with Crippen molar-refractivity contribution in [3.05, 3.63) is 39.0 Å². The van der Waals surface area contributed by atoms with E-state index in [1.807, 2.05) is 12.3 Å². The number of hydrogen-bond donors (Lipinski definition) is 1. The number of ether oxygens (including phenoxy) is 2. The third-order valence-corrected chi connectivity index (χ3v) is 6.09. The van der Waals surface area contributed by atoms with Crippen LogP contribution in [0.2, 0.25) is 5.02 Å². The van der Waals surface area contributed by atoms with Crippen molar-refractivity contribution in [3.63, 3.8) is 0 Å². The molecule has 0 radical (unpaired) electrons. The Kier molecular flexibility index (Phi) is 6.48. The molecule has 3 rings (SSSR count). The highest BCUT2D eigenvalue weighted by molar-refractivity contribution is 7.99. The van der Waals surface area contributed by atoms with Gasteiger partial charge in [-0.1, -0.05) is 23.4 Å². The fourth-order valence-electron chi connectivity index (χ4n) is 2.59. The van der Waals surface area contributed by atoms with E-state index in [2.05, 4.69) is 10.3 Å². The van der Waals surface area contributed by atoms with Crippen LogP contribution in [0.1, 0.15) is 6.92 Å². The largest absolute Gasteiger partial charge is 0.495 e. The maximum atomic E-state index is 12.5. The average molecular weight is 440 g/mol. The van der Waals surface area contributed by atoms with Crippen molar-refractivity contribution < 1.29 is 14.3 Å². The van der Waals surface area contributed by atoms with Crippen molar-refractivity contribution in [2.24, 2.45) is 0 Å². The summed E-state index contributed by atoms with van der Waals surface area (Å²) in [5.41, 5.74) is 1.00. The smallest absolute Gasteiger partial charge is 0.272 e. The molecule has 0 atom stereocenters. The van der Waals surface area contributed by atoms with Crippen molar-refractivity contribution in [3.8, 4) is 11.5 Å². The summed E-state index contributed by atoms with van der Waals surface area (Å²) in [5, 5.41) is 5.51. The van der Waals surface area contributed by atoms with Gasteiger partial charge in [-0.05, 0) is 18.4 Å². The topological polar surface area (TPSA) is 82.5 Å². The van der Waals surface area contributed by atoms with Crippen LogP contribution in [0, 0.1) is 0 Å². The van der Waals surface area contributed by atoms with Crippen LogP contribution in [-0.4, -0.2) is 35.4 Å². The Morgan fingerprint density at radius 2 is 2.07 bits per heavy atom. The van der Waals surface area contributed by atoms with Gasteiger partial charge >= 0.3 is 0 Å². The van der Waals surface area contributed by atoms with Crippen LogP contribution in [0.3, 0.4) is 0 Å². The fraction of sp³-hybridized carbons (Fsp3) is 0.278. The van der Waals surface area contributed by atoms with Crippen LogP contribution in [0.5, 0.6) is 11.5 Å². The molecule has 3 aromatic rings. The first kappa shape index (κ1) is 20.5. The summed E-state index contributed by atoms with van der Waals surface area (Å²) in [4.78, 5) is 29.5. The summed E-state index contributed by atoms with van der Waals surface area (Å²) in [6.07, 6.45) is 0. The maximum absolute atomic E-state index is 12.5. The van der Waals surface area contributed by atoms with Crippen LogP contribution in [0.15, 0.2) is 33.5 Å². The zero-order valence-corrected chi connectivity index (χ0v) is 17.8. The van der Waals surface area contributed by atoms with E-state index in [9.17, 15) is 9.59 Å². The summed E-state index contributed by atoms with van der Waals surface area (Å²) in [6, 6.07) is 4.97. The van der Waals surface area contributed by atoms with E-state index in [0.29, 0.717) is 44.1 Å². The second-order valence-corrected chi connectivity index (χ2v) is 7.87. The molecule has 0 saturated carbocycles. The highest BCUT2D eigenvalue weighted by Gasteiger charge is 2.15. The minimum Gasteiger partial charge on any atom is -0.495 e. The lowest BCUT2D eigenvalue weighted by Crippen LogP contribution is -2.22. The molecule has 0 fully saturated rings. The number of nitrogens with one attached hydrogen (secondary N) is 1. The lowest BCUT2D eigenvalue weighted by atomic mass is 10.2. The van der Waals surface area contributed by atoms with E-state index in [1.54, 1.807) is 22.8 Å². The lowest BCUT2D eigenvalue weighted by molar-refractivity contribution is -0.113. The minimum atomic E-state index is -0.269. The molecule has 0 spiro atoms. The summed E-state index contributed by atoms with van der Waals surface area (Å²) in [5.74, 6) is 0.660. The molecule has 2 aromatic heterocycles. The number of benzene rings is 1. The molecule has 0 bridgehead atoms. The molecular formula is C18H18ClN3O4S2. The summed E-state index contributed by atoms with van der Waals surface area (Å²) >= 11 is 8.65. The van der Waals surface area contributed by atoms with Gasteiger partial charge in [0.15, 0.2) is 5.16 Å². The molecule has 2 heterocycles. The number of anilines is 1. The molecular weight excluding hydrogens is 422 g/mol. The molecule has 10 heteroatoms. The van der Waals surface area contributed by atoms with Crippen LogP contribution in [0.25, 0.3) is 10.2 Å². The van der Waals surface area contributed by atoms with Gasteiger partial charge in [0.25, 0.3) is 5.56 Å². The molecule has 1 N–H and O–H groups in total. The quantitative estimate of drug-likeness (QED) is 0.444. The Balaban J connectivity index is 1.78. The predicted molar refractivity (Wildman–Crippen MR) is 113 cm³/mol. The zero-order valence-electron chi connectivity index (χ0n) is 15.4. The van der Waals surface area contributed by atoms with Gasteiger partial charge in [0.1, 0.15) is 16.2 Å². The normalized spacial score (nSPS) is 10.9. The van der Waals surface area contributed by atoms with E-state index in [0.717, 1.165) is 0 Å². The SMILES string of the molecule is CCn1c(SCC(=O)Nc2cc(OC)c(Cl)cc2OC)nc2ccsc2c1=O. The highest BCUT2D eigenvalue weighted by atomic mass is 35.5. The zero-order chi connectivity index (χ0) is 20.3. The first-order chi connectivity index (χ1) is 13.5. The van der Waals surface area contributed by atoms with Gasteiger partial charge in [-0.15, -0.1) is 11.3 Å². The second kappa shape index (κ2) is 8.85. The molecule has 1 aromatic carbocycles. The van der Waals surface area contributed by atoms with Crippen molar-refractivity contribution in [1.29, 1.82) is 0 Å². The van der Waals surface area contributed by atoms with Crippen LogP contribution in [-0.2, 0) is 11.3 Å². The van der Waals surface area contributed by atoms with Gasteiger partial charge in [-0.3, -0.25) is 14.2 Å². The summed E-state index contributed by atoms with van der Waals surface area (Å²) in [7, 11) is 2.98. The number of hydrogen-bond acceptors (Lipinski definition) is 7. The second-order valence-electron chi connectivity index (χ2n) is 5.60. The number of halogens is 1. The van der Waals surface area contributed by atoms with Crippen molar-refractivity contribution in [2.75, 3.05) is 25.3 Å². The van der Waals surface area contributed by atoms with Crippen molar-refractivity contribution in [2.45, 2.75) is 18.6 Å². The first-order valence-electron chi connectivity index (χ1n) is 8.30. The predicted octanol–water partition coefficient (Wildman–Crippen LogP) is 3.88. The van der Waals surface area contributed by atoms with E-state index < -0.39 is 0 Å². The first-order valence-corrected chi connectivity index (χ1v) is 10.5. The number of fused-ring (bicyclic) bond motifs is 1. The van der Waals surface area contributed by atoms with Gasteiger partial charge in [0.2, 0.25) is 5.91 Å². The van der Waals surface area contributed by atoms with Crippen LogP contribution >= 0.6 is 34.7 Å². The number of carbonyl (C=O) groups excluding carboxylic acids is 1. The molecule has 1 amide bonds. The van der Waals surface area contributed by atoms with Crippen molar-refractivity contribution in [1.82, 2.24) is 9.55 Å². The molecule has 0 aliphatic heterocycles. The van der Waals surface area contributed by atoms with E-state index in [4.69, 9.17) is 21.1 Å². The van der Waals surface area contributed by atoms with E-state index >= 15 is 0 Å². The Labute approximate surface area is 174 Å². The summed E-state index contributed by atoms with van der Waals surface area (Å²) < 4.78 is 12.6. The molecule has 0 unspecified atom stereocenters. The number of amides is 1. The molecule has 28 heavy (non-hydrogen) atoms. The molecule has 148 valence electrons. The fourth-order valence-corrected chi connectivity index (χ4v) is 4.46. The number of methoxy groups -OCH3 is 2. The van der Waals surface area contributed by atoms with Gasteiger partial charge in [0.05, 0.1) is 36.2 Å². The average Bonchev–Trinajstić information content (AvgIpc) is 3.16.